The predicted octanol–water partition coefficient (Wildman–Crippen LogP) is 5.74. The van der Waals surface area contributed by atoms with E-state index in [1.165, 1.54) is 4.90 Å². The number of carbonyl (C=O) groups excluding carboxylic acids is 3. The third kappa shape index (κ3) is 7.01. The van der Waals surface area contributed by atoms with Crippen molar-refractivity contribution in [2.75, 3.05) is 25.1 Å². The van der Waals surface area contributed by atoms with Crippen LogP contribution in [0.1, 0.15) is 22.3 Å². The fourth-order valence-corrected chi connectivity index (χ4v) is 4.54. The molecule has 0 aromatic heterocycles. The molecule has 3 amide bonds. The molecule has 0 saturated carbocycles. The summed E-state index contributed by atoms with van der Waals surface area (Å²) >= 11 is 0.905. The van der Waals surface area contributed by atoms with Crippen LogP contribution in [0.25, 0.3) is 6.08 Å². The van der Waals surface area contributed by atoms with E-state index in [-0.39, 0.29) is 36.8 Å². The number of amides is 3. The van der Waals surface area contributed by atoms with Crippen LogP contribution < -0.4 is 14.8 Å². The molecule has 1 saturated heterocycles. The average molecular weight is 517 g/mol. The van der Waals surface area contributed by atoms with Gasteiger partial charge < -0.3 is 14.8 Å². The lowest BCUT2D eigenvalue weighted by Crippen LogP contribution is -2.32. The first-order chi connectivity index (χ1) is 17.8. The molecule has 0 aliphatic carbocycles. The van der Waals surface area contributed by atoms with Gasteiger partial charge in [0.25, 0.3) is 17.1 Å². The van der Waals surface area contributed by atoms with Gasteiger partial charge in [0, 0.05) is 5.69 Å². The molecule has 1 aliphatic rings. The maximum absolute atomic E-state index is 12.7. The van der Waals surface area contributed by atoms with Gasteiger partial charge in [0.1, 0.15) is 18.1 Å². The van der Waals surface area contributed by atoms with Crippen molar-refractivity contribution < 1.29 is 23.9 Å². The first-order valence-electron chi connectivity index (χ1n) is 11.8. The molecule has 1 N–H and O–H groups in total. The normalized spacial score (nSPS) is 14.2. The van der Waals surface area contributed by atoms with E-state index in [0.29, 0.717) is 16.4 Å². The highest BCUT2D eigenvalue weighted by molar-refractivity contribution is 8.18. The van der Waals surface area contributed by atoms with Gasteiger partial charge in [-0.2, -0.15) is 0 Å². The minimum Gasteiger partial charge on any atom is -0.492 e. The number of rotatable bonds is 9. The third-order valence-corrected chi connectivity index (χ3v) is 6.57. The molecule has 3 aromatic rings. The Kier molecular flexibility index (Phi) is 8.30. The second-order valence-electron chi connectivity index (χ2n) is 8.72. The summed E-state index contributed by atoms with van der Waals surface area (Å²) in [6.07, 6.45) is 1.67. The van der Waals surface area contributed by atoms with Crippen molar-refractivity contribution in [1.29, 1.82) is 0 Å². The van der Waals surface area contributed by atoms with Crippen LogP contribution in [0.3, 0.4) is 0 Å². The summed E-state index contributed by atoms with van der Waals surface area (Å²) in [5.41, 5.74) is 4.62. The molecule has 190 valence electrons. The molecule has 0 atom stereocenters. The van der Waals surface area contributed by atoms with E-state index in [2.05, 4.69) is 5.32 Å². The van der Waals surface area contributed by atoms with Gasteiger partial charge in [-0.25, -0.2) is 0 Å². The van der Waals surface area contributed by atoms with Gasteiger partial charge in [-0.1, -0.05) is 36.4 Å². The lowest BCUT2D eigenvalue weighted by Gasteiger charge is -2.13. The molecule has 0 spiro atoms. The van der Waals surface area contributed by atoms with E-state index in [0.717, 1.165) is 39.7 Å². The van der Waals surface area contributed by atoms with Crippen molar-refractivity contribution in [2.24, 2.45) is 0 Å². The summed E-state index contributed by atoms with van der Waals surface area (Å²) in [5.74, 6) is 0.631. The lowest BCUT2D eigenvalue weighted by molar-refractivity contribution is -0.123. The number of nitrogens with one attached hydrogen (secondary N) is 1. The van der Waals surface area contributed by atoms with Gasteiger partial charge in [-0.3, -0.25) is 19.3 Å². The van der Waals surface area contributed by atoms with Gasteiger partial charge in [-0.05, 0) is 91.2 Å². The number of imide groups is 1. The fraction of sp³-hybridized carbons (Fsp3) is 0.207. The average Bonchev–Trinajstić information content (AvgIpc) is 3.13. The monoisotopic (exact) mass is 516 g/mol. The highest BCUT2D eigenvalue weighted by Gasteiger charge is 2.34. The number of nitrogens with zero attached hydrogens (tertiary/aromatic N) is 1. The molecule has 0 bridgehead atoms. The van der Waals surface area contributed by atoms with Crippen molar-refractivity contribution in [1.82, 2.24) is 4.90 Å². The Balaban J connectivity index is 1.28. The Morgan fingerprint density at radius 3 is 2.43 bits per heavy atom. The Hall–Kier alpha value is -4.04. The van der Waals surface area contributed by atoms with Gasteiger partial charge in [0.05, 0.1) is 11.4 Å². The molecule has 7 nitrogen and oxygen atoms in total. The van der Waals surface area contributed by atoms with Crippen molar-refractivity contribution in [2.45, 2.75) is 20.8 Å². The number of anilines is 1. The quantitative estimate of drug-likeness (QED) is 0.365. The van der Waals surface area contributed by atoms with Gasteiger partial charge in [0.15, 0.2) is 6.61 Å². The second-order valence-corrected chi connectivity index (χ2v) is 9.72. The van der Waals surface area contributed by atoms with E-state index in [9.17, 15) is 14.4 Å². The minimum absolute atomic E-state index is 0.129. The minimum atomic E-state index is -0.341. The maximum atomic E-state index is 12.7. The summed E-state index contributed by atoms with van der Waals surface area (Å²) < 4.78 is 11.3. The molecule has 3 aromatic carbocycles. The van der Waals surface area contributed by atoms with Crippen LogP contribution in [0.4, 0.5) is 10.5 Å². The molecule has 1 heterocycles. The largest absolute Gasteiger partial charge is 0.492 e. The Morgan fingerprint density at radius 2 is 1.68 bits per heavy atom. The molecule has 0 radical (unpaired) electrons. The number of hydrogen-bond acceptors (Lipinski definition) is 6. The third-order valence-electron chi connectivity index (χ3n) is 5.66. The maximum Gasteiger partial charge on any atom is 0.293 e. The van der Waals surface area contributed by atoms with E-state index >= 15 is 0 Å². The molecular formula is C29H28N2O5S. The summed E-state index contributed by atoms with van der Waals surface area (Å²) in [6.45, 7) is 6.13. The van der Waals surface area contributed by atoms with Crippen LogP contribution >= 0.6 is 11.8 Å². The number of benzene rings is 3. The number of thioether (sulfide) groups is 1. The molecule has 4 rings (SSSR count). The summed E-state index contributed by atoms with van der Waals surface area (Å²) in [7, 11) is 0. The highest BCUT2D eigenvalue weighted by Crippen LogP contribution is 2.32. The van der Waals surface area contributed by atoms with E-state index in [1.807, 2.05) is 63.2 Å². The van der Waals surface area contributed by atoms with Crippen molar-refractivity contribution in [3.63, 3.8) is 0 Å². The highest BCUT2D eigenvalue weighted by atomic mass is 32.2. The molecule has 0 unspecified atom stereocenters. The van der Waals surface area contributed by atoms with Crippen molar-refractivity contribution in [3.8, 4) is 11.5 Å². The zero-order valence-corrected chi connectivity index (χ0v) is 21.8. The van der Waals surface area contributed by atoms with Crippen LogP contribution in [0, 0.1) is 20.8 Å². The summed E-state index contributed by atoms with van der Waals surface area (Å²) in [5, 5.41) is 2.54. The standard InChI is InChI=1S/C29H28N2O5S/c1-19-5-4-6-24(15-19)35-14-13-31-28(33)26(37-29(31)34)17-22-9-11-23(12-10-22)36-18-27(32)30-25-16-20(2)7-8-21(25)3/h4-12,15-17H,13-14,18H2,1-3H3,(H,30,32)/b26-17-. The molecule has 1 fully saturated rings. The topological polar surface area (TPSA) is 84.9 Å². The van der Waals surface area contributed by atoms with Crippen LogP contribution in [0.2, 0.25) is 0 Å². The summed E-state index contributed by atoms with van der Waals surface area (Å²) in [6, 6.07) is 20.4. The van der Waals surface area contributed by atoms with Gasteiger partial charge >= 0.3 is 0 Å². The fourth-order valence-electron chi connectivity index (χ4n) is 3.67. The van der Waals surface area contributed by atoms with Crippen LogP contribution in [0.15, 0.2) is 71.6 Å². The van der Waals surface area contributed by atoms with Gasteiger partial charge in [0.2, 0.25) is 0 Å². The summed E-state index contributed by atoms with van der Waals surface area (Å²) in [4.78, 5) is 38.9. The van der Waals surface area contributed by atoms with Crippen LogP contribution in [-0.4, -0.2) is 41.7 Å². The van der Waals surface area contributed by atoms with Gasteiger partial charge in [-0.15, -0.1) is 0 Å². The van der Waals surface area contributed by atoms with Crippen LogP contribution in [0.5, 0.6) is 11.5 Å². The SMILES string of the molecule is Cc1cccc(OCCN2C(=O)S/C(=C\c3ccc(OCC(=O)Nc4cc(C)ccc4C)cc3)C2=O)c1. The molecule has 8 heteroatoms. The first kappa shape index (κ1) is 26.0. The second kappa shape index (κ2) is 11.8. The molecule has 37 heavy (non-hydrogen) atoms. The zero-order chi connectivity index (χ0) is 26.4. The zero-order valence-electron chi connectivity index (χ0n) is 20.9. The van der Waals surface area contributed by atoms with Crippen LogP contribution in [-0.2, 0) is 9.59 Å². The van der Waals surface area contributed by atoms with Crippen molar-refractivity contribution >= 4 is 40.6 Å². The smallest absolute Gasteiger partial charge is 0.293 e. The first-order valence-corrected chi connectivity index (χ1v) is 12.6. The van der Waals surface area contributed by atoms with E-state index in [4.69, 9.17) is 9.47 Å². The molecule has 1 aliphatic heterocycles. The predicted molar refractivity (Wildman–Crippen MR) is 146 cm³/mol. The number of hydrogen-bond donors (Lipinski definition) is 1. The lowest BCUT2D eigenvalue weighted by atomic mass is 10.1. The Morgan fingerprint density at radius 1 is 0.919 bits per heavy atom. The Bertz CT molecular complexity index is 1350. The Labute approximate surface area is 220 Å². The molecular weight excluding hydrogens is 488 g/mol. The van der Waals surface area contributed by atoms with E-state index in [1.54, 1.807) is 30.3 Å². The van der Waals surface area contributed by atoms with E-state index < -0.39 is 0 Å². The number of carbonyl (C=O) groups is 3. The number of aryl methyl sites for hydroxylation is 3. The van der Waals surface area contributed by atoms with Crippen molar-refractivity contribution in [3.05, 3.63) is 93.9 Å². The number of ether oxygens (including phenoxy) is 2.